The molecule has 3 nitrogen and oxygen atoms in total. The van der Waals surface area contributed by atoms with Gasteiger partial charge < -0.3 is 9.47 Å². The van der Waals surface area contributed by atoms with E-state index in [1.807, 2.05) is 60.7 Å². The van der Waals surface area contributed by atoms with E-state index in [1.165, 1.54) is 12.8 Å². The zero-order valence-corrected chi connectivity index (χ0v) is 19.0. The predicted molar refractivity (Wildman–Crippen MR) is 129 cm³/mol. The van der Waals surface area contributed by atoms with Crippen molar-refractivity contribution in [2.45, 2.75) is 58.7 Å². The predicted octanol–water partition coefficient (Wildman–Crippen LogP) is 7.14. The molecule has 0 aliphatic carbocycles. The third-order valence-electron chi connectivity index (χ3n) is 5.62. The summed E-state index contributed by atoms with van der Waals surface area (Å²) in [7, 11) is 0. The molecule has 0 spiro atoms. The number of unbranched alkanes of at least 4 members (excludes halogenated alkanes) is 3. The van der Waals surface area contributed by atoms with Crippen LogP contribution in [0.1, 0.15) is 55.7 Å². The fourth-order valence-electron chi connectivity index (χ4n) is 3.71. The van der Waals surface area contributed by atoms with Gasteiger partial charge in [0.15, 0.2) is 0 Å². The molecule has 0 aliphatic rings. The van der Waals surface area contributed by atoms with Crippen molar-refractivity contribution >= 4 is 5.97 Å². The van der Waals surface area contributed by atoms with Crippen LogP contribution in [-0.4, -0.2) is 5.97 Å². The molecule has 0 radical (unpaired) electrons. The smallest absolute Gasteiger partial charge is 0.309 e. The van der Waals surface area contributed by atoms with Gasteiger partial charge in [-0.05, 0) is 41.7 Å². The van der Waals surface area contributed by atoms with Gasteiger partial charge in [-0.3, -0.25) is 4.79 Å². The van der Waals surface area contributed by atoms with E-state index < -0.39 is 0 Å². The first kappa shape index (κ1) is 23.6. The van der Waals surface area contributed by atoms with Crippen LogP contribution >= 0.6 is 0 Å². The van der Waals surface area contributed by atoms with Gasteiger partial charge in [0, 0.05) is 0 Å². The lowest BCUT2D eigenvalue weighted by atomic mass is 9.93. The highest BCUT2D eigenvalue weighted by molar-refractivity contribution is 5.72. The zero-order chi connectivity index (χ0) is 22.4. The van der Waals surface area contributed by atoms with Crippen molar-refractivity contribution in [3.8, 4) is 5.75 Å². The molecule has 3 heteroatoms. The summed E-state index contributed by atoms with van der Waals surface area (Å²) < 4.78 is 11.6. The number of esters is 1. The Kier molecular flexibility index (Phi) is 9.85. The first-order chi connectivity index (χ1) is 15.7. The highest BCUT2D eigenvalue weighted by atomic mass is 16.5. The molecule has 0 aliphatic heterocycles. The lowest BCUT2D eigenvalue weighted by Crippen LogP contribution is -2.20. The van der Waals surface area contributed by atoms with Gasteiger partial charge in [-0.2, -0.15) is 0 Å². The van der Waals surface area contributed by atoms with Crippen LogP contribution in [-0.2, 0) is 29.2 Å². The summed E-state index contributed by atoms with van der Waals surface area (Å²) in [5.41, 5.74) is 3.30. The highest BCUT2D eigenvalue weighted by Gasteiger charge is 2.20. The summed E-state index contributed by atoms with van der Waals surface area (Å²) in [5.74, 6) is 0.616. The SMILES string of the molecule is CCCCCCC(Cc1ccc(OCc2ccccc2)cc1)C(=O)OCc1ccccc1. The molecule has 0 fully saturated rings. The quantitative estimate of drug-likeness (QED) is 0.214. The van der Waals surface area contributed by atoms with E-state index in [-0.39, 0.29) is 11.9 Å². The van der Waals surface area contributed by atoms with E-state index in [0.29, 0.717) is 19.6 Å². The van der Waals surface area contributed by atoms with E-state index in [1.54, 1.807) is 0 Å². The molecule has 3 aromatic rings. The molecule has 1 atom stereocenters. The van der Waals surface area contributed by atoms with Crippen LogP contribution in [0.4, 0.5) is 0 Å². The van der Waals surface area contributed by atoms with Gasteiger partial charge in [0.1, 0.15) is 19.0 Å². The molecular formula is C29H34O3. The first-order valence-electron chi connectivity index (χ1n) is 11.7. The Bertz CT molecular complexity index is 904. The minimum Gasteiger partial charge on any atom is -0.489 e. The fourth-order valence-corrected chi connectivity index (χ4v) is 3.71. The average Bonchev–Trinajstić information content (AvgIpc) is 2.85. The fraction of sp³-hybridized carbons (Fsp3) is 0.345. The second kappa shape index (κ2) is 13.4. The largest absolute Gasteiger partial charge is 0.489 e. The third kappa shape index (κ3) is 8.22. The monoisotopic (exact) mass is 430 g/mol. The van der Waals surface area contributed by atoms with Crippen LogP contribution in [0, 0.1) is 5.92 Å². The minimum atomic E-state index is -0.119. The van der Waals surface area contributed by atoms with Crippen LogP contribution in [0.2, 0.25) is 0 Å². The molecule has 3 aromatic carbocycles. The van der Waals surface area contributed by atoms with Crippen molar-refractivity contribution in [1.82, 2.24) is 0 Å². The van der Waals surface area contributed by atoms with Crippen LogP contribution in [0.5, 0.6) is 5.75 Å². The Labute approximate surface area is 192 Å². The summed E-state index contributed by atoms with van der Waals surface area (Å²) >= 11 is 0. The molecule has 0 saturated heterocycles. The van der Waals surface area contributed by atoms with Gasteiger partial charge in [0.2, 0.25) is 0 Å². The summed E-state index contributed by atoms with van der Waals surface area (Å²) in [4.78, 5) is 12.9. The van der Waals surface area contributed by atoms with E-state index in [2.05, 4.69) is 31.2 Å². The summed E-state index contributed by atoms with van der Waals surface area (Å²) in [6.45, 7) is 3.08. The van der Waals surface area contributed by atoms with Gasteiger partial charge in [-0.25, -0.2) is 0 Å². The Morgan fingerprint density at radius 1 is 0.719 bits per heavy atom. The van der Waals surface area contributed by atoms with Gasteiger partial charge in [0.25, 0.3) is 0 Å². The van der Waals surface area contributed by atoms with Crippen LogP contribution < -0.4 is 4.74 Å². The number of benzene rings is 3. The molecule has 0 N–H and O–H groups in total. The summed E-state index contributed by atoms with van der Waals surface area (Å²) in [6, 6.07) is 28.1. The first-order valence-corrected chi connectivity index (χ1v) is 11.7. The Hall–Kier alpha value is -3.07. The summed E-state index contributed by atoms with van der Waals surface area (Å²) in [5, 5.41) is 0. The van der Waals surface area contributed by atoms with Gasteiger partial charge in [-0.1, -0.05) is 105 Å². The topological polar surface area (TPSA) is 35.5 Å². The molecule has 0 heterocycles. The zero-order valence-electron chi connectivity index (χ0n) is 19.0. The van der Waals surface area contributed by atoms with Crippen LogP contribution in [0.25, 0.3) is 0 Å². The normalized spacial score (nSPS) is 11.7. The second-order valence-corrected chi connectivity index (χ2v) is 8.26. The molecule has 1 unspecified atom stereocenters. The van der Waals surface area contributed by atoms with Crippen LogP contribution in [0.3, 0.4) is 0 Å². The maximum absolute atomic E-state index is 12.9. The van der Waals surface area contributed by atoms with Crippen molar-refractivity contribution in [2.75, 3.05) is 0 Å². The van der Waals surface area contributed by atoms with Crippen molar-refractivity contribution in [1.29, 1.82) is 0 Å². The number of ether oxygens (including phenoxy) is 2. The number of rotatable bonds is 13. The second-order valence-electron chi connectivity index (χ2n) is 8.26. The molecule has 0 bridgehead atoms. The number of carbonyl (C=O) groups is 1. The number of carbonyl (C=O) groups excluding carboxylic acids is 1. The Morgan fingerprint density at radius 3 is 1.97 bits per heavy atom. The molecule has 3 rings (SSSR count). The molecule has 168 valence electrons. The standard InChI is InChI=1S/C29H34O3/c1-2-3-4-11-16-27(29(30)32-23-26-14-9-6-10-15-26)21-24-17-19-28(20-18-24)31-22-25-12-7-5-8-13-25/h5-10,12-15,17-20,27H,2-4,11,16,21-23H2,1H3. The third-order valence-corrected chi connectivity index (χ3v) is 5.62. The molecule has 0 saturated carbocycles. The van der Waals surface area contributed by atoms with Crippen LogP contribution in [0.15, 0.2) is 84.9 Å². The molecule has 0 aromatic heterocycles. The average molecular weight is 431 g/mol. The van der Waals surface area contributed by atoms with Gasteiger partial charge >= 0.3 is 5.97 Å². The molecule has 32 heavy (non-hydrogen) atoms. The molecule has 0 amide bonds. The highest BCUT2D eigenvalue weighted by Crippen LogP contribution is 2.21. The number of hydrogen-bond donors (Lipinski definition) is 0. The number of hydrogen-bond acceptors (Lipinski definition) is 3. The lowest BCUT2D eigenvalue weighted by Gasteiger charge is -2.17. The van der Waals surface area contributed by atoms with E-state index >= 15 is 0 Å². The summed E-state index contributed by atoms with van der Waals surface area (Å²) in [6.07, 6.45) is 6.16. The van der Waals surface area contributed by atoms with E-state index in [0.717, 1.165) is 41.7 Å². The van der Waals surface area contributed by atoms with Crippen molar-refractivity contribution < 1.29 is 14.3 Å². The minimum absolute atomic E-state index is 0.102. The Balaban J connectivity index is 1.55. The molecular weight excluding hydrogens is 396 g/mol. The Morgan fingerprint density at radius 2 is 1.34 bits per heavy atom. The maximum atomic E-state index is 12.9. The van der Waals surface area contributed by atoms with Gasteiger partial charge in [-0.15, -0.1) is 0 Å². The maximum Gasteiger partial charge on any atom is 0.309 e. The van der Waals surface area contributed by atoms with Gasteiger partial charge in [0.05, 0.1) is 5.92 Å². The van der Waals surface area contributed by atoms with Crippen molar-refractivity contribution in [2.24, 2.45) is 5.92 Å². The van der Waals surface area contributed by atoms with Crippen molar-refractivity contribution in [3.63, 3.8) is 0 Å². The van der Waals surface area contributed by atoms with E-state index in [9.17, 15) is 4.79 Å². The van der Waals surface area contributed by atoms with Crippen molar-refractivity contribution in [3.05, 3.63) is 102 Å². The lowest BCUT2D eigenvalue weighted by molar-refractivity contribution is -0.150. The van der Waals surface area contributed by atoms with E-state index in [4.69, 9.17) is 9.47 Å².